The standard InChI is InChI=1S/C24H38O4/c1-7-17(11-15(3)4)13-19-9-10-20(23(25)26)22(24(27)28)21(19)14-18(8-2)12-16(5)6/h9-10,15-18H,7-8,11-14H2,1-6H3,(H,25,26)(H,27,28). The number of hydrogen-bond donors (Lipinski definition) is 2. The summed E-state index contributed by atoms with van der Waals surface area (Å²) in [4.78, 5) is 23.7. The molecule has 2 N–H and O–H groups in total. The summed E-state index contributed by atoms with van der Waals surface area (Å²) in [7, 11) is 0. The highest BCUT2D eigenvalue weighted by Crippen LogP contribution is 2.30. The second-order valence-corrected chi connectivity index (χ2v) is 8.95. The maximum Gasteiger partial charge on any atom is 0.336 e. The number of carbonyl (C=O) groups is 2. The predicted molar refractivity (Wildman–Crippen MR) is 114 cm³/mol. The fourth-order valence-electron chi connectivity index (χ4n) is 4.26. The molecule has 0 aromatic heterocycles. The summed E-state index contributed by atoms with van der Waals surface area (Å²) < 4.78 is 0. The van der Waals surface area contributed by atoms with Crippen molar-refractivity contribution in [1.29, 1.82) is 0 Å². The second kappa shape index (κ2) is 11.2. The molecule has 0 fully saturated rings. The molecule has 28 heavy (non-hydrogen) atoms. The molecule has 0 saturated carbocycles. The van der Waals surface area contributed by atoms with Crippen molar-refractivity contribution in [2.24, 2.45) is 23.7 Å². The first-order valence-corrected chi connectivity index (χ1v) is 10.7. The normalized spacial score (nSPS) is 13.7. The summed E-state index contributed by atoms with van der Waals surface area (Å²) in [5.74, 6) is -0.377. The zero-order chi connectivity index (χ0) is 21.4. The Kier molecular flexibility index (Phi) is 9.71. The highest BCUT2D eigenvalue weighted by molar-refractivity contribution is 6.03. The zero-order valence-corrected chi connectivity index (χ0v) is 18.4. The van der Waals surface area contributed by atoms with Crippen LogP contribution in [0.15, 0.2) is 12.1 Å². The highest BCUT2D eigenvalue weighted by atomic mass is 16.4. The minimum Gasteiger partial charge on any atom is -0.478 e. The Morgan fingerprint density at radius 2 is 1.32 bits per heavy atom. The summed E-state index contributed by atoms with van der Waals surface area (Å²) in [5.41, 5.74) is 1.65. The molecule has 1 aromatic carbocycles. The van der Waals surface area contributed by atoms with Crippen molar-refractivity contribution in [2.45, 2.75) is 80.1 Å². The van der Waals surface area contributed by atoms with E-state index in [-0.39, 0.29) is 11.1 Å². The molecule has 2 atom stereocenters. The number of hydrogen-bond acceptors (Lipinski definition) is 2. The largest absolute Gasteiger partial charge is 0.478 e. The van der Waals surface area contributed by atoms with Crippen molar-refractivity contribution >= 4 is 11.9 Å². The molecule has 0 radical (unpaired) electrons. The maximum absolute atomic E-state index is 12.1. The summed E-state index contributed by atoms with van der Waals surface area (Å²) >= 11 is 0. The Morgan fingerprint density at radius 1 is 0.821 bits per heavy atom. The number of aromatic carboxylic acids is 2. The van der Waals surface area contributed by atoms with Crippen molar-refractivity contribution in [3.05, 3.63) is 34.4 Å². The van der Waals surface area contributed by atoms with Gasteiger partial charge in [-0.1, -0.05) is 60.5 Å². The van der Waals surface area contributed by atoms with E-state index < -0.39 is 11.9 Å². The van der Waals surface area contributed by atoms with Crippen LogP contribution in [0, 0.1) is 23.7 Å². The van der Waals surface area contributed by atoms with Crippen molar-refractivity contribution < 1.29 is 19.8 Å². The lowest BCUT2D eigenvalue weighted by Crippen LogP contribution is -2.19. The topological polar surface area (TPSA) is 74.6 Å². The molecule has 0 spiro atoms. The van der Waals surface area contributed by atoms with Crippen molar-refractivity contribution in [2.75, 3.05) is 0 Å². The van der Waals surface area contributed by atoms with Crippen molar-refractivity contribution in [1.82, 2.24) is 0 Å². The van der Waals surface area contributed by atoms with E-state index in [0.29, 0.717) is 30.1 Å². The van der Waals surface area contributed by atoms with E-state index in [4.69, 9.17) is 0 Å². The average molecular weight is 391 g/mol. The van der Waals surface area contributed by atoms with Gasteiger partial charge in [-0.3, -0.25) is 0 Å². The monoisotopic (exact) mass is 390 g/mol. The van der Waals surface area contributed by atoms with E-state index in [1.165, 1.54) is 6.07 Å². The van der Waals surface area contributed by atoms with Crippen molar-refractivity contribution in [3.63, 3.8) is 0 Å². The van der Waals surface area contributed by atoms with Crippen LogP contribution in [0.3, 0.4) is 0 Å². The molecule has 2 unspecified atom stereocenters. The quantitative estimate of drug-likeness (QED) is 0.438. The smallest absolute Gasteiger partial charge is 0.336 e. The lowest BCUT2D eigenvalue weighted by molar-refractivity contribution is 0.0650. The Hall–Kier alpha value is -1.84. The van der Waals surface area contributed by atoms with Crippen LogP contribution >= 0.6 is 0 Å². The van der Waals surface area contributed by atoms with Gasteiger partial charge >= 0.3 is 11.9 Å². The van der Waals surface area contributed by atoms with Gasteiger partial charge in [-0.15, -0.1) is 0 Å². The first kappa shape index (κ1) is 24.2. The highest BCUT2D eigenvalue weighted by Gasteiger charge is 2.26. The van der Waals surface area contributed by atoms with Crippen LogP contribution in [-0.4, -0.2) is 22.2 Å². The number of carboxylic acid groups (broad SMARTS) is 2. The number of carboxylic acids is 2. The van der Waals surface area contributed by atoms with Crippen LogP contribution in [0.5, 0.6) is 0 Å². The lowest BCUT2D eigenvalue weighted by atomic mass is 9.80. The molecular formula is C24H38O4. The van der Waals surface area contributed by atoms with Crippen LogP contribution < -0.4 is 0 Å². The van der Waals surface area contributed by atoms with E-state index in [0.717, 1.165) is 43.2 Å². The number of rotatable bonds is 12. The second-order valence-electron chi connectivity index (χ2n) is 8.95. The van der Waals surface area contributed by atoms with Gasteiger partial charge in [0.15, 0.2) is 0 Å². The first-order chi connectivity index (χ1) is 13.1. The maximum atomic E-state index is 12.1. The van der Waals surface area contributed by atoms with E-state index in [1.807, 2.05) is 6.07 Å². The Morgan fingerprint density at radius 3 is 1.71 bits per heavy atom. The minimum absolute atomic E-state index is 0.00777. The van der Waals surface area contributed by atoms with Gasteiger partial charge in [0.05, 0.1) is 11.1 Å². The van der Waals surface area contributed by atoms with Gasteiger partial charge in [0.25, 0.3) is 0 Å². The summed E-state index contributed by atoms with van der Waals surface area (Å²) in [5, 5.41) is 19.4. The van der Waals surface area contributed by atoms with Gasteiger partial charge < -0.3 is 10.2 Å². The lowest BCUT2D eigenvalue weighted by Gasteiger charge is -2.24. The van der Waals surface area contributed by atoms with E-state index in [9.17, 15) is 19.8 Å². The van der Waals surface area contributed by atoms with Gasteiger partial charge in [0.1, 0.15) is 0 Å². The molecule has 1 aromatic rings. The van der Waals surface area contributed by atoms with Gasteiger partial charge in [-0.25, -0.2) is 9.59 Å². The molecule has 0 aliphatic rings. The summed E-state index contributed by atoms with van der Waals surface area (Å²) in [6.07, 6.45) is 5.52. The van der Waals surface area contributed by atoms with E-state index >= 15 is 0 Å². The average Bonchev–Trinajstić information content (AvgIpc) is 2.59. The molecule has 0 heterocycles. The molecule has 4 nitrogen and oxygen atoms in total. The number of benzene rings is 1. The zero-order valence-electron chi connectivity index (χ0n) is 18.4. The minimum atomic E-state index is -1.17. The van der Waals surface area contributed by atoms with Crippen LogP contribution in [0.1, 0.15) is 99.1 Å². The Bertz CT molecular complexity index is 661. The van der Waals surface area contributed by atoms with Gasteiger partial charge in [0, 0.05) is 0 Å². The predicted octanol–water partition coefficient (Wildman–Crippen LogP) is 6.31. The Labute approximate surface area is 170 Å². The molecule has 0 aliphatic carbocycles. The van der Waals surface area contributed by atoms with Crippen molar-refractivity contribution in [3.8, 4) is 0 Å². The Balaban J connectivity index is 3.46. The van der Waals surface area contributed by atoms with Gasteiger partial charge in [0.2, 0.25) is 0 Å². The van der Waals surface area contributed by atoms with Crippen LogP contribution in [-0.2, 0) is 12.8 Å². The fraction of sp³-hybridized carbons (Fsp3) is 0.667. The molecule has 0 bridgehead atoms. The van der Waals surface area contributed by atoms with Crippen LogP contribution in [0.2, 0.25) is 0 Å². The SMILES string of the molecule is CCC(Cc1ccc(C(=O)O)c(C(=O)O)c1CC(CC)CC(C)C)CC(C)C. The molecule has 4 heteroatoms. The van der Waals surface area contributed by atoms with Crippen LogP contribution in [0.4, 0.5) is 0 Å². The summed E-state index contributed by atoms with van der Waals surface area (Å²) in [6, 6.07) is 3.34. The van der Waals surface area contributed by atoms with Crippen LogP contribution in [0.25, 0.3) is 0 Å². The molecule has 0 saturated heterocycles. The third kappa shape index (κ3) is 6.96. The molecular weight excluding hydrogens is 352 g/mol. The molecule has 158 valence electrons. The van der Waals surface area contributed by atoms with E-state index in [2.05, 4.69) is 41.5 Å². The van der Waals surface area contributed by atoms with Gasteiger partial charge in [-0.2, -0.15) is 0 Å². The third-order valence-corrected chi connectivity index (χ3v) is 5.62. The molecule has 1 rings (SSSR count). The third-order valence-electron chi connectivity index (χ3n) is 5.62. The first-order valence-electron chi connectivity index (χ1n) is 10.7. The van der Waals surface area contributed by atoms with Gasteiger partial charge in [-0.05, 0) is 66.5 Å². The van der Waals surface area contributed by atoms with E-state index in [1.54, 1.807) is 0 Å². The molecule has 0 aliphatic heterocycles. The fourth-order valence-corrected chi connectivity index (χ4v) is 4.26. The molecule has 0 amide bonds. The summed E-state index contributed by atoms with van der Waals surface area (Å²) in [6.45, 7) is 13.0.